The van der Waals surface area contributed by atoms with Crippen molar-refractivity contribution in [3.63, 3.8) is 0 Å². The number of nitrogens with two attached hydrogens (primary N) is 1. The molecule has 2 aromatic rings. The molecule has 39 heavy (non-hydrogen) atoms. The Bertz CT molecular complexity index is 1170. The predicted octanol–water partition coefficient (Wildman–Crippen LogP) is -3.86. The lowest BCUT2D eigenvalue weighted by Crippen LogP contribution is -2.61. The van der Waals surface area contributed by atoms with Crippen molar-refractivity contribution in [3.8, 4) is 0 Å². The zero-order valence-electron chi connectivity index (χ0n) is 20.6. The molecule has 0 radical (unpaired) electrons. The summed E-state index contributed by atoms with van der Waals surface area (Å²) in [7, 11) is -4.80. The Morgan fingerprint density at radius 3 is 2.44 bits per heavy atom. The van der Waals surface area contributed by atoms with Crippen LogP contribution < -0.4 is 5.73 Å². The van der Waals surface area contributed by atoms with Gasteiger partial charge in [-0.15, -0.1) is 0 Å². The molecule has 0 aliphatic carbocycles. The molecule has 0 bridgehead atoms. The first-order chi connectivity index (χ1) is 18.3. The Hall–Kier alpha value is -1.90. The number of aromatic nitrogens is 4. The third kappa shape index (κ3) is 6.23. The lowest BCUT2D eigenvalue weighted by atomic mass is 9.90. The molecule has 4 heterocycles. The van der Waals surface area contributed by atoms with Gasteiger partial charge in [-0.1, -0.05) is 0 Å². The summed E-state index contributed by atoms with van der Waals surface area (Å²) in [5.41, 5.74) is 6.23. The fraction of sp³-hybridized carbons (Fsp3) is 0.750. The summed E-state index contributed by atoms with van der Waals surface area (Å²) in [5.74, 6) is 0.0936. The number of phosphoric acid groups is 1. The van der Waals surface area contributed by atoms with Crippen molar-refractivity contribution >= 4 is 24.8 Å². The van der Waals surface area contributed by atoms with Crippen LogP contribution in [0.5, 0.6) is 0 Å². The first-order valence-electron chi connectivity index (χ1n) is 11.9. The number of imidazole rings is 1. The summed E-state index contributed by atoms with van der Waals surface area (Å²) in [5, 5.41) is 70.2. The highest BCUT2D eigenvalue weighted by atomic mass is 31.2. The first-order valence-corrected chi connectivity index (χ1v) is 13.4. The van der Waals surface area contributed by atoms with Gasteiger partial charge in [-0.3, -0.25) is 13.6 Å². The van der Waals surface area contributed by atoms with Gasteiger partial charge in [0.05, 0.1) is 31.7 Å². The van der Waals surface area contributed by atoms with E-state index < -0.39 is 88.3 Å². The maximum Gasteiger partial charge on any atom is 0.472 e. The molecule has 0 aromatic carbocycles. The Balaban J connectivity index is 1.34. The van der Waals surface area contributed by atoms with E-state index in [1.165, 1.54) is 24.1 Å². The molecule has 2 unspecified atom stereocenters. The number of fused-ring (bicyclic) bond motifs is 1. The van der Waals surface area contributed by atoms with Crippen molar-refractivity contribution in [3.05, 3.63) is 12.7 Å². The monoisotopic (exact) mass is 581 g/mol. The summed E-state index contributed by atoms with van der Waals surface area (Å²) in [6.45, 7) is -0.112. The van der Waals surface area contributed by atoms with Gasteiger partial charge in [0.1, 0.15) is 60.7 Å². The third-order valence-corrected chi connectivity index (χ3v) is 7.69. The topological polar surface area (TPSA) is 285 Å². The number of phosphoric ester groups is 1. The second-order valence-electron chi connectivity index (χ2n) is 9.41. The number of hydrogen-bond acceptors (Lipinski definition) is 16. The van der Waals surface area contributed by atoms with Crippen LogP contribution in [0.1, 0.15) is 19.6 Å². The molecule has 19 heteroatoms. The smallest absolute Gasteiger partial charge is 0.394 e. The van der Waals surface area contributed by atoms with Gasteiger partial charge in [-0.25, -0.2) is 19.5 Å². The summed E-state index contributed by atoms with van der Waals surface area (Å²) < 4.78 is 34.9. The number of nitrogen functional groups attached to an aromatic ring is 1. The summed E-state index contributed by atoms with van der Waals surface area (Å²) in [6.07, 6.45) is -13.7. The Kier molecular flexibility index (Phi) is 9.18. The first kappa shape index (κ1) is 30.1. The molecular formula is C20H32N5O13P. The minimum absolute atomic E-state index is 0.0936. The number of anilines is 1. The number of nitrogens with zero attached hydrogens (tertiary/aromatic N) is 4. The van der Waals surface area contributed by atoms with Gasteiger partial charge in [0.15, 0.2) is 17.7 Å². The van der Waals surface area contributed by atoms with Gasteiger partial charge < -0.3 is 55.8 Å². The predicted molar refractivity (Wildman–Crippen MR) is 126 cm³/mol. The highest BCUT2D eigenvalue weighted by Crippen LogP contribution is 2.46. The molecule has 0 spiro atoms. The average Bonchev–Trinajstić information content (AvgIpc) is 3.44. The van der Waals surface area contributed by atoms with E-state index in [1.807, 2.05) is 0 Å². The molecular weight excluding hydrogens is 549 g/mol. The average molecular weight is 581 g/mol. The fourth-order valence-electron chi connectivity index (χ4n) is 4.54. The van der Waals surface area contributed by atoms with Crippen LogP contribution in [0.2, 0.25) is 0 Å². The van der Waals surface area contributed by atoms with Crippen LogP contribution in [0.3, 0.4) is 0 Å². The van der Waals surface area contributed by atoms with Crippen LogP contribution in [0, 0.1) is 0 Å². The molecule has 2 fully saturated rings. The number of rotatable bonds is 10. The molecule has 10 N–H and O–H groups in total. The van der Waals surface area contributed by atoms with E-state index in [2.05, 4.69) is 15.0 Å². The molecule has 0 saturated carbocycles. The van der Waals surface area contributed by atoms with Gasteiger partial charge in [-0.05, 0) is 6.92 Å². The van der Waals surface area contributed by atoms with Gasteiger partial charge in [-0.2, -0.15) is 0 Å². The van der Waals surface area contributed by atoms with E-state index in [0.717, 1.165) is 0 Å². The van der Waals surface area contributed by atoms with Crippen molar-refractivity contribution in [1.29, 1.82) is 0 Å². The van der Waals surface area contributed by atoms with Gasteiger partial charge >= 0.3 is 7.82 Å². The van der Waals surface area contributed by atoms with Crippen molar-refractivity contribution in [2.45, 2.75) is 80.6 Å². The summed E-state index contributed by atoms with van der Waals surface area (Å²) >= 11 is 0. The van der Waals surface area contributed by atoms with Crippen LogP contribution in [0.4, 0.5) is 5.82 Å². The molecule has 4 rings (SSSR count). The number of aliphatic hydroxyl groups is 7. The van der Waals surface area contributed by atoms with Gasteiger partial charge in [0.2, 0.25) is 0 Å². The largest absolute Gasteiger partial charge is 0.472 e. The number of ether oxygens (including phenoxy) is 2. The molecule has 12 atom stereocenters. The van der Waals surface area contributed by atoms with Gasteiger partial charge in [0.25, 0.3) is 0 Å². The second-order valence-corrected chi connectivity index (χ2v) is 10.8. The van der Waals surface area contributed by atoms with Crippen molar-refractivity contribution < 1.29 is 63.7 Å². The Labute approximate surface area is 220 Å². The Morgan fingerprint density at radius 1 is 1.05 bits per heavy atom. The van der Waals surface area contributed by atoms with E-state index in [9.17, 15) is 40.1 Å². The lowest BCUT2D eigenvalue weighted by molar-refractivity contribution is -0.249. The Morgan fingerprint density at radius 2 is 1.74 bits per heavy atom. The van der Waals surface area contributed by atoms with Crippen LogP contribution in [0.25, 0.3) is 11.2 Å². The fourth-order valence-corrected chi connectivity index (χ4v) is 5.48. The SMILES string of the molecule is C[C@@H](CC1O[C@H]([C@@H](O)CO)[C@@H](O)[C@H](O)[C@@H]1O)OP(=O)(O)OC[C@H]1O[C@@H](n2cnc3c(N)ncnc32)[C@H](O)[C@@H]1O. The van der Waals surface area contributed by atoms with E-state index in [4.69, 9.17) is 29.4 Å². The van der Waals surface area contributed by atoms with Crippen molar-refractivity contribution in [1.82, 2.24) is 19.5 Å². The summed E-state index contributed by atoms with van der Waals surface area (Å²) in [6, 6.07) is 0. The molecule has 2 saturated heterocycles. The standard InChI is InChI=1S/C20H32N5O13P/c1-7(2-9-12(28)14(30)15(31)17(36-9)8(27)3-26)38-39(33,34)35-4-10-13(29)16(32)20(37-10)25-6-24-11-18(21)22-5-23-19(11)25/h5-10,12-17,20,26-32H,2-4H2,1H3,(H,33,34)(H2,21,22,23)/t7-,8-,9?,10+,12+,13+,14+,15-,16+,17+,20+/m0/s1. The summed E-state index contributed by atoms with van der Waals surface area (Å²) in [4.78, 5) is 22.1. The van der Waals surface area contributed by atoms with Crippen LogP contribution in [-0.4, -0.2) is 134 Å². The minimum atomic E-state index is -4.80. The van der Waals surface area contributed by atoms with E-state index >= 15 is 0 Å². The van der Waals surface area contributed by atoms with Gasteiger partial charge in [0, 0.05) is 6.42 Å². The highest BCUT2D eigenvalue weighted by molar-refractivity contribution is 7.47. The molecule has 2 aliphatic heterocycles. The van der Waals surface area contributed by atoms with Crippen LogP contribution >= 0.6 is 7.82 Å². The normalized spacial score (nSPS) is 36.6. The third-order valence-electron chi connectivity index (χ3n) is 6.59. The van der Waals surface area contributed by atoms with Crippen LogP contribution in [0.15, 0.2) is 12.7 Å². The number of aliphatic hydroxyl groups excluding tert-OH is 7. The minimum Gasteiger partial charge on any atom is -0.394 e. The quantitative estimate of drug-likeness (QED) is 0.121. The maximum atomic E-state index is 12.5. The molecule has 2 aliphatic rings. The van der Waals surface area contributed by atoms with Crippen molar-refractivity contribution in [2.24, 2.45) is 0 Å². The zero-order chi connectivity index (χ0) is 28.6. The molecule has 220 valence electrons. The zero-order valence-corrected chi connectivity index (χ0v) is 21.5. The maximum absolute atomic E-state index is 12.5. The molecule has 18 nitrogen and oxygen atoms in total. The highest BCUT2D eigenvalue weighted by Gasteiger charge is 2.48. The van der Waals surface area contributed by atoms with Crippen molar-refractivity contribution in [2.75, 3.05) is 18.9 Å². The van der Waals surface area contributed by atoms with Crippen LogP contribution in [-0.2, 0) is 23.1 Å². The van der Waals surface area contributed by atoms with E-state index in [1.54, 1.807) is 0 Å². The van der Waals surface area contributed by atoms with E-state index in [-0.39, 0.29) is 23.4 Å². The van der Waals surface area contributed by atoms with E-state index in [0.29, 0.717) is 0 Å². The second kappa shape index (κ2) is 11.9. The lowest BCUT2D eigenvalue weighted by Gasteiger charge is -2.42. The molecule has 0 amide bonds. The number of hydrogen-bond donors (Lipinski definition) is 9. The molecule has 2 aromatic heterocycles.